The van der Waals surface area contributed by atoms with Crippen LogP contribution < -0.4 is 10.6 Å². The number of carbonyl (C=O) groups is 2. The topological polar surface area (TPSA) is 78.4 Å². The molecule has 2 fully saturated rings. The van der Waals surface area contributed by atoms with Crippen molar-refractivity contribution in [2.75, 3.05) is 0 Å². The molecule has 2 rings (SSSR count). The van der Waals surface area contributed by atoms with E-state index in [1.54, 1.807) is 0 Å². The standard InChI is InChI=1S/C14H24N2O3/c1-10(11-5-6-11)15-13(19)16-14(9-12(17)18)7-3-2-4-8-14/h10-11H,2-9H2,1H3,(H,17,18)(H2,15,16,19). The normalized spacial score (nSPS) is 23.4. The lowest BCUT2D eigenvalue weighted by atomic mass is 9.79. The van der Waals surface area contributed by atoms with Crippen LogP contribution in [0.25, 0.3) is 0 Å². The van der Waals surface area contributed by atoms with E-state index in [0.29, 0.717) is 5.92 Å². The molecular weight excluding hydrogens is 244 g/mol. The highest BCUT2D eigenvalue weighted by Crippen LogP contribution is 2.33. The van der Waals surface area contributed by atoms with Crippen LogP contribution in [0.3, 0.4) is 0 Å². The van der Waals surface area contributed by atoms with E-state index in [-0.39, 0.29) is 18.5 Å². The number of hydrogen-bond acceptors (Lipinski definition) is 2. The highest BCUT2D eigenvalue weighted by Gasteiger charge is 2.37. The molecule has 2 aliphatic carbocycles. The summed E-state index contributed by atoms with van der Waals surface area (Å²) in [7, 11) is 0. The summed E-state index contributed by atoms with van der Waals surface area (Å²) >= 11 is 0. The Morgan fingerprint density at radius 2 is 1.89 bits per heavy atom. The number of carbonyl (C=O) groups excluding carboxylic acids is 1. The number of rotatable bonds is 5. The minimum atomic E-state index is -0.836. The van der Waals surface area contributed by atoms with E-state index in [0.717, 1.165) is 32.1 Å². The van der Waals surface area contributed by atoms with Gasteiger partial charge in [-0.2, -0.15) is 0 Å². The average Bonchev–Trinajstić information content (AvgIpc) is 3.11. The molecule has 0 aromatic carbocycles. The second-order valence-corrected chi connectivity index (χ2v) is 6.14. The zero-order valence-corrected chi connectivity index (χ0v) is 11.6. The molecule has 0 spiro atoms. The van der Waals surface area contributed by atoms with Gasteiger partial charge in [0.25, 0.3) is 0 Å². The first-order valence-corrected chi connectivity index (χ1v) is 7.31. The van der Waals surface area contributed by atoms with E-state index >= 15 is 0 Å². The van der Waals surface area contributed by atoms with Gasteiger partial charge in [0, 0.05) is 6.04 Å². The Hall–Kier alpha value is -1.26. The van der Waals surface area contributed by atoms with Crippen LogP contribution in [0.5, 0.6) is 0 Å². The molecule has 0 bridgehead atoms. The number of carboxylic acids is 1. The van der Waals surface area contributed by atoms with Crippen molar-refractivity contribution in [1.29, 1.82) is 0 Å². The molecule has 0 aliphatic heterocycles. The van der Waals surface area contributed by atoms with Gasteiger partial charge in [-0.25, -0.2) is 4.79 Å². The highest BCUT2D eigenvalue weighted by atomic mass is 16.4. The third-order valence-corrected chi connectivity index (χ3v) is 4.37. The first-order chi connectivity index (χ1) is 9.01. The van der Waals surface area contributed by atoms with E-state index in [1.807, 2.05) is 6.92 Å². The summed E-state index contributed by atoms with van der Waals surface area (Å²) in [6.07, 6.45) is 7.04. The lowest BCUT2D eigenvalue weighted by Gasteiger charge is -2.37. The average molecular weight is 268 g/mol. The van der Waals surface area contributed by atoms with Crippen LogP contribution in [0.4, 0.5) is 4.79 Å². The Morgan fingerprint density at radius 1 is 1.26 bits per heavy atom. The van der Waals surface area contributed by atoms with Gasteiger partial charge in [0.1, 0.15) is 0 Å². The quantitative estimate of drug-likeness (QED) is 0.715. The SMILES string of the molecule is CC(NC(=O)NC1(CC(=O)O)CCCCC1)C1CC1. The number of urea groups is 1. The van der Waals surface area contributed by atoms with E-state index in [4.69, 9.17) is 5.11 Å². The summed E-state index contributed by atoms with van der Waals surface area (Å²) in [5.74, 6) is -0.232. The smallest absolute Gasteiger partial charge is 0.315 e. The van der Waals surface area contributed by atoms with Crippen molar-refractivity contribution in [2.24, 2.45) is 5.92 Å². The predicted molar refractivity (Wildman–Crippen MR) is 71.9 cm³/mol. The van der Waals surface area contributed by atoms with Gasteiger partial charge in [0.15, 0.2) is 0 Å². The Balaban J connectivity index is 1.90. The number of aliphatic carboxylic acids is 1. The first kappa shape index (κ1) is 14.2. The van der Waals surface area contributed by atoms with E-state index in [9.17, 15) is 9.59 Å². The summed E-state index contributed by atoms with van der Waals surface area (Å²) in [6, 6.07) is -0.0204. The minimum absolute atomic E-state index is 0.0260. The van der Waals surface area contributed by atoms with Crippen LogP contribution in [0.2, 0.25) is 0 Å². The molecule has 108 valence electrons. The number of hydrogen-bond donors (Lipinski definition) is 3. The molecule has 2 aliphatic rings. The van der Waals surface area contributed by atoms with Crippen molar-refractivity contribution in [2.45, 2.75) is 69.9 Å². The Bertz CT molecular complexity index is 347. The molecule has 0 aromatic rings. The van der Waals surface area contributed by atoms with E-state index < -0.39 is 11.5 Å². The molecule has 0 heterocycles. The van der Waals surface area contributed by atoms with Crippen LogP contribution in [-0.2, 0) is 4.79 Å². The summed E-state index contributed by atoms with van der Waals surface area (Å²) in [5.41, 5.74) is -0.544. The van der Waals surface area contributed by atoms with Crippen molar-refractivity contribution in [3.63, 3.8) is 0 Å². The summed E-state index contributed by atoms with van der Waals surface area (Å²) in [5, 5.41) is 14.9. The molecule has 1 unspecified atom stereocenters. The largest absolute Gasteiger partial charge is 0.481 e. The zero-order chi connectivity index (χ0) is 13.9. The zero-order valence-electron chi connectivity index (χ0n) is 11.6. The van der Waals surface area contributed by atoms with Gasteiger partial charge in [-0.1, -0.05) is 19.3 Å². The van der Waals surface area contributed by atoms with Crippen LogP contribution in [-0.4, -0.2) is 28.7 Å². The molecule has 19 heavy (non-hydrogen) atoms. The van der Waals surface area contributed by atoms with Crippen molar-refractivity contribution in [3.8, 4) is 0 Å². The van der Waals surface area contributed by atoms with Gasteiger partial charge in [0.2, 0.25) is 0 Å². The summed E-state index contributed by atoms with van der Waals surface area (Å²) in [4.78, 5) is 23.0. The first-order valence-electron chi connectivity index (χ1n) is 7.31. The summed E-state index contributed by atoms with van der Waals surface area (Å²) in [6.45, 7) is 2.02. The second kappa shape index (κ2) is 5.80. The van der Waals surface area contributed by atoms with E-state index in [1.165, 1.54) is 12.8 Å². The molecular formula is C14H24N2O3. The maximum atomic E-state index is 12.0. The molecule has 5 heteroatoms. The van der Waals surface area contributed by atoms with Gasteiger partial charge in [-0.05, 0) is 38.5 Å². The molecule has 2 saturated carbocycles. The minimum Gasteiger partial charge on any atom is -0.481 e. The van der Waals surface area contributed by atoms with Crippen LogP contribution in [0, 0.1) is 5.92 Å². The lowest BCUT2D eigenvalue weighted by molar-refractivity contribution is -0.139. The monoisotopic (exact) mass is 268 g/mol. The lowest BCUT2D eigenvalue weighted by Crippen LogP contribution is -2.55. The molecule has 0 radical (unpaired) electrons. The Morgan fingerprint density at radius 3 is 2.42 bits per heavy atom. The van der Waals surface area contributed by atoms with Gasteiger partial charge in [0.05, 0.1) is 12.0 Å². The molecule has 5 nitrogen and oxygen atoms in total. The van der Waals surface area contributed by atoms with Crippen molar-refractivity contribution < 1.29 is 14.7 Å². The molecule has 0 saturated heterocycles. The third-order valence-electron chi connectivity index (χ3n) is 4.37. The van der Waals surface area contributed by atoms with Crippen molar-refractivity contribution in [3.05, 3.63) is 0 Å². The molecule has 0 aromatic heterocycles. The highest BCUT2D eigenvalue weighted by molar-refractivity contribution is 5.77. The fourth-order valence-electron chi connectivity index (χ4n) is 3.06. The number of amides is 2. The predicted octanol–water partition coefficient (Wildman–Crippen LogP) is 2.26. The second-order valence-electron chi connectivity index (χ2n) is 6.14. The van der Waals surface area contributed by atoms with Crippen LogP contribution >= 0.6 is 0 Å². The fourth-order valence-corrected chi connectivity index (χ4v) is 3.06. The Labute approximate surface area is 114 Å². The number of carboxylic acid groups (broad SMARTS) is 1. The molecule has 3 N–H and O–H groups in total. The number of nitrogens with one attached hydrogen (secondary N) is 2. The molecule has 2 amide bonds. The maximum Gasteiger partial charge on any atom is 0.315 e. The van der Waals surface area contributed by atoms with Gasteiger partial charge < -0.3 is 15.7 Å². The van der Waals surface area contributed by atoms with Gasteiger partial charge >= 0.3 is 12.0 Å². The maximum absolute atomic E-state index is 12.0. The van der Waals surface area contributed by atoms with E-state index in [2.05, 4.69) is 10.6 Å². The third kappa shape index (κ3) is 4.11. The fraction of sp³-hybridized carbons (Fsp3) is 0.857. The van der Waals surface area contributed by atoms with Gasteiger partial charge in [-0.15, -0.1) is 0 Å². The van der Waals surface area contributed by atoms with Crippen LogP contribution in [0.1, 0.15) is 58.3 Å². The van der Waals surface area contributed by atoms with Crippen molar-refractivity contribution >= 4 is 12.0 Å². The van der Waals surface area contributed by atoms with Crippen LogP contribution in [0.15, 0.2) is 0 Å². The summed E-state index contributed by atoms with van der Waals surface area (Å²) < 4.78 is 0. The van der Waals surface area contributed by atoms with Crippen molar-refractivity contribution in [1.82, 2.24) is 10.6 Å². The Kier molecular flexibility index (Phi) is 4.32. The molecule has 1 atom stereocenters. The van der Waals surface area contributed by atoms with Gasteiger partial charge in [-0.3, -0.25) is 4.79 Å².